The highest BCUT2D eigenvalue weighted by Gasteiger charge is 2.17. The smallest absolute Gasteiger partial charge is 0.180 e. The van der Waals surface area contributed by atoms with Crippen molar-refractivity contribution >= 4 is 22.1 Å². The Bertz CT molecular complexity index is 2190. The zero-order chi connectivity index (χ0) is 28.6. The normalized spacial score (nSPS) is 11.3. The number of nitrogens with zero attached hydrogens (tertiary/aromatic N) is 7. The predicted molar refractivity (Wildman–Crippen MR) is 165 cm³/mol. The fourth-order valence-corrected chi connectivity index (χ4v) is 5.09. The van der Waals surface area contributed by atoms with E-state index in [0.29, 0.717) is 40.1 Å². The number of benzene rings is 3. The van der Waals surface area contributed by atoms with Crippen molar-refractivity contribution in [3.05, 3.63) is 128 Å². The van der Waals surface area contributed by atoms with Gasteiger partial charge in [-0.1, -0.05) is 72.8 Å². The highest BCUT2D eigenvalue weighted by molar-refractivity contribution is 6.06. The summed E-state index contributed by atoms with van der Waals surface area (Å²) in [6, 6.07) is 35.4. The summed E-state index contributed by atoms with van der Waals surface area (Å²) in [6.45, 7) is 0. The van der Waals surface area contributed by atoms with Crippen molar-refractivity contribution in [3.63, 3.8) is 0 Å². The van der Waals surface area contributed by atoms with Gasteiger partial charge in [0.2, 0.25) is 0 Å². The molecule has 0 aliphatic heterocycles. The molecule has 0 saturated heterocycles. The molecule has 3 aromatic carbocycles. The molecule has 0 N–H and O–H groups in total. The molecule has 0 radical (unpaired) electrons. The van der Waals surface area contributed by atoms with Crippen LogP contribution in [-0.2, 0) is 0 Å². The molecule has 8 heteroatoms. The number of hydrogen-bond acceptors (Lipinski definition) is 8. The third kappa shape index (κ3) is 4.57. The molecule has 0 unspecified atom stereocenters. The van der Waals surface area contributed by atoms with Gasteiger partial charge in [-0.05, 0) is 36.4 Å². The summed E-state index contributed by atoms with van der Waals surface area (Å²) in [5, 5.41) is 0.951. The Morgan fingerprint density at radius 1 is 0.465 bits per heavy atom. The van der Waals surface area contributed by atoms with E-state index < -0.39 is 0 Å². The van der Waals surface area contributed by atoms with Gasteiger partial charge in [0, 0.05) is 40.0 Å². The number of para-hydroxylation sites is 1. The third-order valence-electron chi connectivity index (χ3n) is 7.17. The van der Waals surface area contributed by atoms with Crippen molar-refractivity contribution < 1.29 is 4.42 Å². The molecule has 0 atom stereocenters. The van der Waals surface area contributed by atoms with Gasteiger partial charge in [0.15, 0.2) is 23.1 Å². The van der Waals surface area contributed by atoms with Gasteiger partial charge in [0.05, 0.1) is 11.4 Å². The van der Waals surface area contributed by atoms with Crippen molar-refractivity contribution in [2.45, 2.75) is 0 Å². The zero-order valence-electron chi connectivity index (χ0n) is 22.7. The van der Waals surface area contributed by atoms with Gasteiger partial charge in [-0.2, -0.15) is 0 Å². The van der Waals surface area contributed by atoms with Crippen LogP contribution in [0.15, 0.2) is 132 Å². The molecule has 0 aliphatic rings. The Hall–Kier alpha value is -6.15. The van der Waals surface area contributed by atoms with E-state index in [2.05, 4.69) is 19.9 Å². The third-order valence-corrected chi connectivity index (χ3v) is 7.17. The molecule has 0 spiro atoms. The summed E-state index contributed by atoms with van der Waals surface area (Å²) in [5.41, 5.74) is 7.70. The lowest BCUT2D eigenvalue weighted by molar-refractivity contribution is 0.667. The number of aromatic nitrogens is 7. The van der Waals surface area contributed by atoms with E-state index in [4.69, 9.17) is 19.4 Å². The molecule has 0 fully saturated rings. The van der Waals surface area contributed by atoms with Crippen LogP contribution in [0.25, 0.3) is 78.9 Å². The van der Waals surface area contributed by atoms with E-state index >= 15 is 0 Å². The molecule has 8 nitrogen and oxygen atoms in total. The lowest BCUT2D eigenvalue weighted by Gasteiger charge is -2.09. The molecule has 0 bridgehead atoms. The summed E-state index contributed by atoms with van der Waals surface area (Å²) in [5.74, 6) is 1.75. The molecule has 5 aromatic heterocycles. The standard InChI is InChI=1S/C35H21N7O/c1-3-9-22(10-4-1)33-40-34(23-11-5-2-6-12-23)42-35(41-33)25-16-18-37-28(20-25)27-19-24(15-17-36-27)30-32-31(39-21-38-30)26-13-7-8-14-29(26)43-32/h1-21H. The molecule has 0 aliphatic carbocycles. The first kappa shape index (κ1) is 24.6. The van der Waals surface area contributed by atoms with Crippen molar-refractivity contribution in [1.29, 1.82) is 0 Å². The summed E-state index contributed by atoms with van der Waals surface area (Å²) in [4.78, 5) is 32.8. The lowest BCUT2D eigenvalue weighted by atomic mass is 10.1. The van der Waals surface area contributed by atoms with Crippen LogP contribution in [0.3, 0.4) is 0 Å². The van der Waals surface area contributed by atoms with Crippen LogP contribution in [0.5, 0.6) is 0 Å². The maximum Gasteiger partial charge on any atom is 0.180 e. The SMILES string of the molecule is c1ccc(-c2nc(-c3ccccc3)nc(-c3ccnc(-c4cc(-c5ncnc6c5oc5ccccc56)ccn4)c3)n2)cc1. The number of furan rings is 1. The van der Waals surface area contributed by atoms with Gasteiger partial charge in [-0.15, -0.1) is 0 Å². The fourth-order valence-electron chi connectivity index (χ4n) is 5.09. The molecule has 5 heterocycles. The van der Waals surface area contributed by atoms with Crippen molar-refractivity contribution in [2.24, 2.45) is 0 Å². The number of rotatable bonds is 5. The minimum atomic E-state index is 0.548. The van der Waals surface area contributed by atoms with Crippen LogP contribution in [0.1, 0.15) is 0 Å². The largest absolute Gasteiger partial charge is 0.452 e. The number of pyridine rings is 2. The van der Waals surface area contributed by atoms with E-state index in [1.54, 1.807) is 18.7 Å². The average molecular weight is 556 g/mol. The maximum absolute atomic E-state index is 6.17. The van der Waals surface area contributed by atoms with Crippen molar-refractivity contribution in [3.8, 4) is 56.8 Å². The minimum absolute atomic E-state index is 0.548. The monoisotopic (exact) mass is 555 g/mol. The molecule has 43 heavy (non-hydrogen) atoms. The topological polar surface area (TPSA) is 103 Å². The first-order valence-electron chi connectivity index (χ1n) is 13.7. The predicted octanol–water partition coefficient (Wildman–Crippen LogP) is 7.69. The van der Waals surface area contributed by atoms with Crippen molar-refractivity contribution in [2.75, 3.05) is 0 Å². The first-order chi connectivity index (χ1) is 21.3. The number of fused-ring (bicyclic) bond motifs is 3. The first-order valence-corrected chi connectivity index (χ1v) is 13.7. The minimum Gasteiger partial charge on any atom is -0.452 e. The van der Waals surface area contributed by atoms with Crippen LogP contribution in [-0.4, -0.2) is 34.9 Å². The Labute approximate surface area is 245 Å². The summed E-state index contributed by atoms with van der Waals surface area (Å²) >= 11 is 0. The summed E-state index contributed by atoms with van der Waals surface area (Å²) in [6.07, 6.45) is 5.06. The Kier molecular flexibility index (Phi) is 5.93. The Morgan fingerprint density at radius 2 is 1.02 bits per heavy atom. The lowest BCUT2D eigenvalue weighted by Crippen LogP contribution is -2.00. The van der Waals surface area contributed by atoms with Gasteiger partial charge in [-0.3, -0.25) is 9.97 Å². The molecule has 202 valence electrons. The highest BCUT2D eigenvalue weighted by atomic mass is 16.3. The summed E-state index contributed by atoms with van der Waals surface area (Å²) in [7, 11) is 0. The van der Waals surface area contributed by atoms with E-state index in [9.17, 15) is 0 Å². The van der Waals surface area contributed by atoms with Crippen LogP contribution in [0.4, 0.5) is 0 Å². The Balaban J connectivity index is 1.22. The average Bonchev–Trinajstić information content (AvgIpc) is 3.48. The number of hydrogen-bond donors (Lipinski definition) is 0. The summed E-state index contributed by atoms with van der Waals surface area (Å²) < 4.78 is 6.17. The second-order valence-corrected chi connectivity index (χ2v) is 9.90. The van der Waals surface area contributed by atoms with E-state index in [1.165, 1.54) is 0 Å². The van der Waals surface area contributed by atoms with E-state index in [1.807, 2.05) is 109 Å². The van der Waals surface area contributed by atoms with Crippen LogP contribution >= 0.6 is 0 Å². The van der Waals surface area contributed by atoms with Gasteiger partial charge < -0.3 is 4.42 Å². The molecular formula is C35H21N7O. The van der Waals surface area contributed by atoms with Gasteiger partial charge >= 0.3 is 0 Å². The Morgan fingerprint density at radius 3 is 1.70 bits per heavy atom. The second kappa shape index (κ2) is 10.4. The second-order valence-electron chi connectivity index (χ2n) is 9.90. The van der Waals surface area contributed by atoms with Crippen LogP contribution in [0, 0.1) is 0 Å². The highest BCUT2D eigenvalue weighted by Crippen LogP contribution is 2.34. The van der Waals surface area contributed by atoms with Gasteiger partial charge in [-0.25, -0.2) is 24.9 Å². The van der Waals surface area contributed by atoms with Crippen LogP contribution < -0.4 is 0 Å². The van der Waals surface area contributed by atoms with Gasteiger partial charge in [0.25, 0.3) is 0 Å². The quantitative estimate of drug-likeness (QED) is 0.213. The molecular weight excluding hydrogens is 534 g/mol. The maximum atomic E-state index is 6.17. The molecule has 0 amide bonds. The molecule has 8 rings (SSSR count). The van der Waals surface area contributed by atoms with Crippen molar-refractivity contribution in [1.82, 2.24) is 34.9 Å². The van der Waals surface area contributed by atoms with E-state index in [0.717, 1.165) is 38.7 Å². The zero-order valence-corrected chi connectivity index (χ0v) is 22.7. The van der Waals surface area contributed by atoms with E-state index in [-0.39, 0.29) is 0 Å². The fraction of sp³-hybridized carbons (Fsp3) is 0. The van der Waals surface area contributed by atoms with Gasteiger partial charge in [0.1, 0.15) is 23.1 Å². The van der Waals surface area contributed by atoms with Crippen LogP contribution in [0.2, 0.25) is 0 Å². The molecule has 8 aromatic rings. The molecule has 0 saturated carbocycles.